The Morgan fingerprint density at radius 1 is 0.882 bits per heavy atom. The summed E-state index contributed by atoms with van der Waals surface area (Å²) in [7, 11) is 2.98. The Kier molecular flexibility index (Phi) is 6.27. The largest absolute Gasteiger partial charge is 0.493 e. The average Bonchev–Trinajstić information content (AvgIpc) is 3.31. The van der Waals surface area contributed by atoms with Gasteiger partial charge in [-0.25, -0.2) is 4.68 Å². The summed E-state index contributed by atoms with van der Waals surface area (Å²) in [6.45, 7) is 0. The van der Waals surface area contributed by atoms with Crippen molar-refractivity contribution in [3.05, 3.63) is 90.1 Å². The molecule has 0 atom stereocenters. The van der Waals surface area contributed by atoms with E-state index in [1.54, 1.807) is 72.8 Å². The molecule has 0 bridgehead atoms. The molecule has 3 aromatic carbocycles. The summed E-state index contributed by atoms with van der Waals surface area (Å²) in [5.41, 5.74) is 1.13. The number of para-hydroxylation sites is 1. The predicted octanol–water partition coefficient (Wildman–Crippen LogP) is 5.83. The van der Waals surface area contributed by atoms with Crippen LogP contribution in [0.15, 0.2) is 78.9 Å². The van der Waals surface area contributed by atoms with Crippen molar-refractivity contribution in [1.29, 1.82) is 0 Å². The van der Waals surface area contributed by atoms with Crippen LogP contribution in [0.3, 0.4) is 0 Å². The molecule has 0 radical (unpaired) electrons. The lowest BCUT2D eigenvalue weighted by Crippen LogP contribution is -2.12. The highest BCUT2D eigenvalue weighted by atomic mass is 19.4. The molecule has 34 heavy (non-hydrogen) atoms. The average molecular weight is 467 g/mol. The van der Waals surface area contributed by atoms with Gasteiger partial charge in [0.1, 0.15) is 0 Å². The molecule has 0 fully saturated rings. The zero-order valence-corrected chi connectivity index (χ0v) is 18.3. The lowest BCUT2D eigenvalue weighted by molar-refractivity contribution is -0.141. The third kappa shape index (κ3) is 4.73. The number of nitrogens with one attached hydrogen (secondary N) is 1. The SMILES string of the molecule is COc1ccc(C(=O)Nc2ccc(-c3cc(C(F)(F)F)nn3-c3ccccc3)cc2)cc1OC. The van der Waals surface area contributed by atoms with E-state index >= 15 is 0 Å². The highest BCUT2D eigenvalue weighted by Crippen LogP contribution is 2.34. The van der Waals surface area contributed by atoms with Crippen LogP contribution in [0.2, 0.25) is 0 Å². The Labute approximate surface area is 193 Å². The minimum atomic E-state index is -4.58. The summed E-state index contributed by atoms with van der Waals surface area (Å²) in [6, 6.07) is 20.8. The first-order valence-electron chi connectivity index (χ1n) is 10.2. The molecule has 9 heteroatoms. The van der Waals surface area contributed by atoms with Crippen LogP contribution in [-0.2, 0) is 6.18 Å². The lowest BCUT2D eigenvalue weighted by atomic mass is 10.1. The van der Waals surface area contributed by atoms with Crippen molar-refractivity contribution in [3.8, 4) is 28.4 Å². The van der Waals surface area contributed by atoms with Crippen LogP contribution in [0.25, 0.3) is 16.9 Å². The van der Waals surface area contributed by atoms with Crippen LogP contribution in [0.1, 0.15) is 16.1 Å². The molecular weight excluding hydrogens is 447 g/mol. The van der Waals surface area contributed by atoms with Crippen molar-refractivity contribution >= 4 is 11.6 Å². The highest BCUT2D eigenvalue weighted by molar-refractivity contribution is 6.04. The van der Waals surface area contributed by atoms with Crippen LogP contribution in [0.5, 0.6) is 11.5 Å². The third-order valence-electron chi connectivity index (χ3n) is 5.08. The zero-order valence-electron chi connectivity index (χ0n) is 18.3. The first kappa shape index (κ1) is 22.9. The van der Waals surface area contributed by atoms with E-state index in [9.17, 15) is 18.0 Å². The Hall–Kier alpha value is -4.27. The number of ether oxygens (including phenoxy) is 2. The number of methoxy groups -OCH3 is 2. The quantitative estimate of drug-likeness (QED) is 0.388. The molecule has 4 aromatic rings. The molecule has 0 aliphatic rings. The van der Waals surface area contributed by atoms with Crippen molar-refractivity contribution in [2.24, 2.45) is 0 Å². The minimum Gasteiger partial charge on any atom is -0.493 e. The number of hydrogen-bond acceptors (Lipinski definition) is 4. The molecule has 0 spiro atoms. The van der Waals surface area contributed by atoms with Crippen LogP contribution in [-0.4, -0.2) is 29.9 Å². The number of amides is 1. The van der Waals surface area contributed by atoms with Gasteiger partial charge in [-0.15, -0.1) is 0 Å². The fourth-order valence-corrected chi connectivity index (χ4v) is 3.40. The summed E-state index contributed by atoms with van der Waals surface area (Å²) >= 11 is 0. The van der Waals surface area contributed by atoms with Crippen molar-refractivity contribution in [2.75, 3.05) is 19.5 Å². The van der Waals surface area contributed by atoms with Gasteiger partial charge in [-0.05, 0) is 48.5 Å². The number of rotatable bonds is 6. The molecule has 0 aliphatic carbocycles. The number of halogens is 3. The smallest absolute Gasteiger partial charge is 0.435 e. The molecule has 0 saturated carbocycles. The molecule has 0 saturated heterocycles. The normalized spacial score (nSPS) is 11.2. The van der Waals surface area contributed by atoms with Gasteiger partial charge in [-0.1, -0.05) is 30.3 Å². The van der Waals surface area contributed by atoms with Crippen LogP contribution in [0.4, 0.5) is 18.9 Å². The van der Waals surface area contributed by atoms with E-state index in [-0.39, 0.29) is 11.6 Å². The first-order valence-corrected chi connectivity index (χ1v) is 10.2. The fourth-order valence-electron chi connectivity index (χ4n) is 3.40. The van der Waals surface area contributed by atoms with Gasteiger partial charge in [-0.3, -0.25) is 4.79 Å². The zero-order chi connectivity index (χ0) is 24.3. The number of carbonyl (C=O) groups excluding carboxylic acids is 1. The van der Waals surface area contributed by atoms with E-state index in [0.29, 0.717) is 34.0 Å². The van der Waals surface area contributed by atoms with E-state index in [0.717, 1.165) is 6.07 Å². The number of carbonyl (C=O) groups is 1. The maximum Gasteiger partial charge on any atom is 0.435 e. The van der Waals surface area contributed by atoms with Gasteiger partial charge in [0, 0.05) is 16.8 Å². The van der Waals surface area contributed by atoms with E-state index in [2.05, 4.69) is 10.4 Å². The van der Waals surface area contributed by atoms with Crippen molar-refractivity contribution in [2.45, 2.75) is 6.18 Å². The summed E-state index contributed by atoms with van der Waals surface area (Å²) in [5.74, 6) is 0.541. The molecule has 4 rings (SSSR count). The van der Waals surface area contributed by atoms with Gasteiger partial charge in [0.25, 0.3) is 5.91 Å². The van der Waals surface area contributed by atoms with Crippen LogP contribution in [0, 0.1) is 0 Å². The van der Waals surface area contributed by atoms with E-state index in [4.69, 9.17) is 9.47 Å². The maximum atomic E-state index is 13.3. The lowest BCUT2D eigenvalue weighted by Gasteiger charge is -2.11. The Bertz CT molecular complexity index is 1300. The van der Waals surface area contributed by atoms with E-state index in [1.165, 1.54) is 18.9 Å². The minimum absolute atomic E-state index is 0.274. The van der Waals surface area contributed by atoms with E-state index < -0.39 is 11.9 Å². The number of anilines is 1. The number of hydrogen-bond donors (Lipinski definition) is 1. The summed E-state index contributed by atoms with van der Waals surface area (Å²) in [6.07, 6.45) is -4.58. The van der Waals surface area contributed by atoms with Crippen molar-refractivity contribution in [3.63, 3.8) is 0 Å². The highest BCUT2D eigenvalue weighted by Gasteiger charge is 2.35. The fraction of sp³-hybridized carbons (Fsp3) is 0.120. The van der Waals surface area contributed by atoms with Gasteiger partial charge in [0.2, 0.25) is 0 Å². The molecule has 0 unspecified atom stereocenters. The molecule has 6 nitrogen and oxygen atoms in total. The Morgan fingerprint density at radius 3 is 2.18 bits per heavy atom. The second-order valence-electron chi connectivity index (χ2n) is 7.26. The molecular formula is C25H20F3N3O3. The number of benzene rings is 3. The standard InChI is InChI=1S/C25H20F3N3O3/c1-33-21-13-10-17(14-22(21)34-2)24(32)29-18-11-8-16(9-12-18)20-15-23(25(26,27)28)30-31(20)19-6-4-3-5-7-19/h3-15H,1-2H3,(H,29,32). The van der Waals surface area contributed by atoms with Crippen LogP contribution >= 0.6 is 0 Å². The van der Waals surface area contributed by atoms with E-state index in [1.807, 2.05) is 0 Å². The number of nitrogens with zero attached hydrogens (tertiary/aromatic N) is 2. The van der Waals surface area contributed by atoms with Gasteiger partial charge in [0.15, 0.2) is 17.2 Å². The van der Waals surface area contributed by atoms with Crippen molar-refractivity contribution < 1.29 is 27.4 Å². The van der Waals surface area contributed by atoms with Gasteiger partial charge < -0.3 is 14.8 Å². The Balaban J connectivity index is 1.61. The molecule has 1 amide bonds. The van der Waals surface area contributed by atoms with Gasteiger partial charge in [-0.2, -0.15) is 18.3 Å². The van der Waals surface area contributed by atoms with Gasteiger partial charge >= 0.3 is 6.18 Å². The molecule has 1 aromatic heterocycles. The second-order valence-corrected chi connectivity index (χ2v) is 7.26. The van der Waals surface area contributed by atoms with Gasteiger partial charge in [0.05, 0.1) is 25.6 Å². The Morgan fingerprint density at radius 2 is 1.56 bits per heavy atom. The maximum absolute atomic E-state index is 13.3. The summed E-state index contributed by atoms with van der Waals surface area (Å²) in [4.78, 5) is 12.6. The third-order valence-corrected chi connectivity index (χ3v) is 5.08. The topological polar surface area (TPSA) is 65.4 Å². The summed E-state index contributed by atoms with van der Waals surface area (Å²) < 4.78 is 51.7. The number of alkyl halides is 3. The monoisotopic (exact) mass is 467 g/mol. The number of aromatic nitrogens is 2. The second kappa shape index (κ2) is 9.30. The predicted molar refractivity (Wildman–Crippen MR) is 122 cm³/mol. The van der Waals surface area contributed by atoms with Crippen molar-refractivity contribution in [1.82, 2.24) is 9.78 Å². The molecule has 174 valence electrons. The molecule has 1 N–H and O–H groups in total. The first-order chi connectivity index (χ1) is 16.3. The van der Waals surface area contributed by atoms with Crippen LogP contribution < -0.4 is 14.8 Å². The molecule has 1 heterocycles. The molecule has 0 aliphatic heterocycles. The summed E-state index contributed by atoms with van der Waals surface area (Å²) in [5, 5.41) is 6.53.